The summed E-state index contributed by atoms with van der Waals surface area (Å²) in [4.78, 5) is 39.4. The van der Waals surface area contributed by atoms with Gasteiger partial charge in [0.15, 0.2) is 5.60 Å². The molecule has 0 aliphatic heterocycles. The van der Waals surface area contributed by atoms with E-state index in [1.54, 1.807) is 37.3 Å². The number of aliphatic hydroxyl groups is 1. The van der Waals surface area contributed by atoms with Crippen molar-refractivity contribution in [2.45, 2.75) is 82.6 Å². The number of alkyl halides is 1. The third-order valence-electron chi connectivity index (χ3n) is 10.8. The lowest BCUT2D eigenvalue weighted by molar-refractivity contribution is -0.253. The van der Waals surface area contributed by atoms with Gasteiger partial charge in [-0.15, -0.1) is 0 Å². The third-order valence-corrected chi connectivity index (χ3v) is 11.4. The summed E-state index contributed by atoms with van der Waals surface area (Å²) in [5, 5.41) is 11.6. The maximum atomic E-state index is 17.5. The number of aliphatic hydroxyl groups excluding tert-OH is 1. The topological polar surface area (TPSA) is 124 Å². The number of hydrogen-bond acceptors (Lipinski definition) is 8. The van der Waals surface area contributed by atoms with Crippen LogP contribution < -0.4 is 0 Å². The number of esters is 1. The molecule has 214 valence electrons. The van der Waals surface area contributed by atoms with Crippen LogP contribution in [0.4, 0.5) is 4.39 Å². The molecule has 1 aromatic carbocycles. The maximum Gasteiger partial charge on any atom is 0.339 e. The van der Waals surface area contributed by atoms with Crippen LogP contribution >= 0.6 is 0 Å². The number of Topliss-reactive ketones (excluding diaryl/α,β-unsaturated/α-hetero) is 2. The van der Waals surface area contributed by atoms with Crippen LogP contribution in [0.1, 0.15) is 75.6 Å². The van der Waals surface area contributed by atoms with Crippen molar-refractivity contribution in [2.75, 3.05) is 12.9 Å². The summed E-state index contributed by atoms with van der Waals surface area (Å²) in [6.07, 6.45) is 1.69. The molecule has 39 heavy (non-hydrogen) atoms. The van der Waals surface area contributed by atoms with Gasteiger partial charge in [0.1, 0.15) is 18.1 Å². The van der Waals surface area contributed by atoms with Crippen molar-refractivity contribution in [1.29, 1.82) is 0 Å². The zero-order chi connectivity index (χ0) is 28.4. The van der Waals surface area contributed by atoms with E-state index in [1.165, 1.54) is 0 Å². The Hall–Kier alpha value is -2.17. The van der Waals surface area contributed by atoms with Crippen LogP contribution in [0.5, 0.6) is 0 Å². The lowest BCUT2D eigenvalue weighted by Gasteiger charge is -2.65. The Morgan fingerprint density at radius 3 is 2.41 bits per heavy atom. The van der Waals surface area contributed by atoms with E-state index in [0.29, 0.717) is 32.1 Å². The number of ketones is 2. The van der Waals surface area contributed by atoms with E-state index in [1.807, 2.05) is 6.92 Å². The molecule has 0 spiro atoms. The molecule has 4 saturated carbocycles. The number of hydrogen-bond donors (Lipinski definition) is 1. The van der Waals surface area contributed by atoms with Crippen LogP contribution in [0.2, 0.25) is 0 Å². The molecule has 4 aliphatic carbocycles. The fraction of sp³-hybridized carbons (Fsp3) is 0.690. The van der Waals surface area contributed by atoms with Crippen molar-refractivity contribution in [3.8, 4) is 0 Å². The molecule has 0 radical (unpaired) electrons. The zero-order valence-electron chi connectivity index (χ0n) is 22.7. The lowest BCUT2D eigenvalue weighted by Crippen LogP contribution is -2.71. The Morgan fingerprint density at radius 2 is 1.74 bits per heavy atom. The Bertz CT molecular complexity index is 1280. The quantitative estimate of drug-likeness (QED) is 0.409. The summed E-state index contributed by atoms with van der Waals surface area (Å²) >= 11 is 0. The molecule has 0 unspecified atom stereocenters. The van der Waals surface area contributed by atoms with E-state index in [9.17, 15) is 27.9 Å². The highest BCUT2D eigenvalue weighted by atomic mass is 32.2. The van der Waals surface area contributed by atoms with E-state index in [4.69, 9.17) is 8.92 Å². The first-order valence-electron chi connectivity index (χ1n) is 13.7. The molecule has 10 heteroatoms. The Morgan fingerprint density at radius 1 is 1.05 bits per heavy atom. The highest BCUT2D eigenvalue weighted by Gasteiger charge is 2.76. The lowest BCUT2D eigenvalue weighted by atomic mass is 9.42. The van der Waals surface area contributed by atoms with Gasteiger partial charge in [0.25, 0.3) is 10.1 Å². The Labute approximate surface area is 228 Å². The van der Waals surface area contributed by atoms with Gasteiger partial charge < -0.3 is 9.84 Å². The first-order valence-corrected chi connectivity index (χ1v) is 15.5. The van der Waals surface area contributed by atoms with Gasteiger partial charge in [0.05, 0.1) is 17.9 Å². The van der Waals surface area contributed by atoms with Gasteiger partial charge in [-0.25, -0.2) is 9.18 Å². The van der Waals surface area contributed by atoms with Crippen LogP contribution in [0.25, 0.3) is 0 Å². The van der Waals surface area contributed by atoms with E-state index in [2.05, 4.69) is 0 Å². The molecule has 1 N–H and O–H groups in total. The Kier molecular flexibility index (Phi) is 6.87. The van der Waals surface area contributed by atoms with Crippen LogP contribution in [0.15, 0.2) is 30.3 Å². The van der Waals surface area contributed by atoms with Crippen LogP contribution in [-0.4, -0.2) is 61.3 Å². The molecular weight excluding hydrogens is 527 g/mol. The molecule has 0 aromatic heterocycles. The van der Waals surface area contributed by atoms with Crippen LogP contribution in [0.3, 0.4) is 0 Å². The predicted molar refractivity (Wildman–Crippen MR) is 139 cm³/mol. The number of carbonyl (C=O) groups is 3. The molecular formula is C29H37FO8S. The van der Waals surface area contributed by atoms with Crippen molar-refractivity contribution in [3.63, 3.8) is 0 Å². The molecule has 0 heterocycles. The van der Waals surface area contributed by atoms with E-state index < -0.39 is 68.5 Å². The SMILES string of the molecule is C[C@]12CCC(=O)C[C@H]1CC[C@H]1[C@@H]3CC[C@@](OC(=O)c4ccccc4)(C(=O)COS(C)(=O)=O)[C@@]3(C)C[C@H](O)[C@@]12F. The first-order chi connectivity index (χ1) is 18.2. The minimum atomic E-state index is -3.97. The number of rotatable bonds is 6. The van der Waals surface area contributed by atoms with E-state index in [-0.39, 0.29) is 36.5 Å². The second kappa shape index (κ2) is 9.45. The smallest absolute Gasteiger partial charge is 0.339 e. The van der Waals surface area contributed by atoms with Gasteiger partial charge in [0.2, 0.25) is 5.78 Å². The fourth-order valence-corrected chi connectivity index (χ4v) is 9.11. The number of carbonyl (C=O) groups excluding carboxylic acids is 3. The highest BCUT2D eigenvalue weighted by Crippen LogP contribution is 2.71. The summed E-state index contributed by atoms with van der Waals surface area (Å²) in [5.41, 5.74) is -5.61. The second-order valence-electron chi connectivity index (χ2n) is 12.6. The minimum Gasteiger partial charge on any atom is -0.447 e. The highest BCUT2D eigenvalue weighted by molar-refractivity contribution is 7.86. The van der Waals surface area contributed by atoms with Gasteiger partial charge in [-0.3, -0.25) is 13.8 Å². The van der Waals surface area contributed by atoms with Gasteiger partial charge in [0, 0.05) is 23.7 Å². The third kappa shape index (κ3) is 4.20. The van der Waals surface area contributed by atoms with Gasteiger partial charge in [-0.2, -0.15) is 8.42 Å². The van der Waals surface area contributed by atoms with E-state index >= 15 is 4.39 Å². The summed E-state index contributed by atoms with van der Waals surface area (Å²) in [6.45, 7) is 2.78. The Balaban J connectivity index is 1.55. The summed E-state index contributed by atoms with van der Waals surface area (Å²) in [7, 11) is -3.97. The molecule has 4 fully saturated rings. The monoisotopic (exact) mass is 564 g/mol. The van der Waals surface area contributed by atoms with Crippen molar-refractivity contribution in [1.82, 2.24) is 0 Å². The molecule has 0 saturated heterocycles. The fourth-order valence-electron chi connectivity index (χ4n) is 8.79. The van der Waals surface area contributed by atoms with Crippen molar-refractivity contribution in [2.24, 2.45) is 28.6 Å². The van der Waals surface area contributed by atoms with Crippen molar-refractivity contribution >= 4 is 27.7 Å². The van der Waals surface area contributed by atoms with Crippen LogP contribution in [0, 0.1) is 28.6 Å². The average molecular weight is 565 g/mol. The van der Waals surface area contributed by atoms with Gasteiger partial charge in [-0.05, 0) is 68.4 Å². The normalized spacial score (nSPS) is 41.7. The van der Waals surface area contributed by atoms with Crippen LogP contribution in [-0.2, 0) is 28.6 Å². The van der Waals surface area contributed by atoms with Crippen molar-refractivity contribution in [3.05, 3.63) is 35.9 Å². The maximum absolute atomic E-state index is 17.5. The number of fused-ring (bicyclic) bond motifs is 5. The van der Waals surface area contributed by atoms with Gasteiger partial charge >= 0.3 is 5.97 Å². The molecule has 0 amide bonds. The number of benzene rings is 1. The average Bonchev–Trinajstić information content (AvgIpc) is 3.16. The van der Waals surface area contributed by atoms with Crippen molar-refractivity contribution < 1.29 is 41.2 Å². The number of halogens is 1. The van der Waals surface area contributed by atoms with E-state index in [0.717, 1.165) is 6.26 Å². The molecule has 1 aromatic rings. The first kappa shape index (κ1) is 28.4. The number of ether oxygens (including phenoxy) is 1. The van der Waals surface area contributed by atoms with Gasteiger partial charge in [-0.1, -0.05) is 32.0 Å². The second-order valence-corrected chi connectivity index (χ2v) is 14.2. The summed E-state index contributed by atoms with van der Waals surface area (Å²) in [5.74, 6) is -2.53. The molecule has 8 nitrogen and oxygen atoms in total. The molecule has 8 atom stereocenters. The summed E-state index contributed by atoms with van der Waals surface area (Å²) < 4.78 is 51.9. The molecule has 4 aliphatic rings. The standard InChI is InChI=1S/C29H37FO8S/c1-26-13-11-20(31)15-19(26)9-10-22-21-12-14-28(24(33)17-37-39(3,35)36,27(21,2)16-23(32)29(22,26)30)38-25(34)18-7-5-4-6-8-18/h4-8,19,21-23,32H,9-17H2,1-3H3/t19-,21+,22+,23+,26+,27+,28-,29+/m1/s1. The largest absolute Gasteiger partial charge is 0.447 e. The summed E-state index contributed by atoms with van der Waals surface area (Å²) in [6, 6.07) is 8.16. The predicted octanol–water partition coefficient (Wildman–Crippen LogP) is 3.80. The minimum absolute atomic E-state index is 0.0661. The molecule has 5 rings (SSSR count). The zero-order valence-corrected chi connectivity index (χ0v) is 23.5. The molecule has 0 bridgehead atoms.